The molecule has 5 heteroatoms. The molecule has 0 radical (unpaired) electrons. The van der Waals surface area contributed by atoms with E-state index >= 15 is 0 Å². The zero-order valence-corrected chi connectivity index (χ0v) is 8.80. The average Bonchev–Trinajstić information content (AvgIpc) is 1.81. The minimum absolute atomic E-state index is 0.0543. The minimum Gasteiger partial charge on any atom is -0.300 e. The van der Waals surface area contributed by atoms with Crippen LogP contribution < -0.4 is 0 Å². The molecule has 0 rings (SSSR count). The Hall–Kier alpha value is -0.420. The van der Waals surface area contributed by atoms with Gasteiger partial charge in [-0.1, -0.05) is 13.8 Å². The fourth-order valence-electron chi connectivity index (χ4n) is 1.01. The number of hydrogen-bond donors (Lipinski definition) is 1. The van der Waals surface area contributed by atoms with Crippen molar-refractivity contribution in [1.29, 1.82) is 0 Å². The van der Waals surface area contributed by atoms with E-state index in [-0.39, 0.29) is 24.4 Å². The van der Waals surface area contributed by atoms with Crippen molar-refractivity contribution < 1.29 is 17.8 Å². The standard InChI is InChI=1S/C8H16O4S/c1-7(2)6-8(9)4-3-5-13(10,11)12/h7H,3-6H2,1-2H3,(H,10,11,12). The van der Waals surface area contributed by atoms with Gasteiger partial charge in [-0.15, -0.1) is 0 Å². The Kier molecular flexibility index (Phi) is 5.17. The highest BCUT2D eigenvalue weighted by Gasteiger charge is 2.08. The summed E-state index contributed by atoms with van der Waals surface area (Å²) in [5.74, 6) is 0.0356. The molecule has 0 unspecified atom stereocenters. The van der Waals surface area contributed by atoms with Crippen LogP contribution in [0.15, 0.2) is 0 Å². The van der Waals surface area contributed by atoms with Crippen molar-refractivity contribution in [3.8, 4) is 0 Å². The molecule has 0 aliphatic carbocycles. The maximum Gasteiger partial charge on any atom is 0.264 e. The molecule has 0 atom stereocenters. The lowest BCUT2D eigenvalue weighted by Crippen LogP contribution is -2.08. The lowest BCUT2D eigenvalue weighted by Gasteiger charge is -2.02. The Morgan fingerprint density at radius 3 is 2.31 bits per heavy atom. The van der Waals surface area contributed by atoms with Crippen LogP contribution in [0.4, 0.5) is 0 Å². The second kappa shape index (κ2) is 5.34. The zero-order chi connectivity index (χ0) is 10.5. The lowest BCUT2D eigenvalue weighted by molar-refractivity contribution is -0.119. The van der Waals surface area contributed by atoms with Gasteiger partial charge in [-0.05, 0) is 12.3 Å². The second-order valence-corrected chi connectivity index (χ2v) is 5.10. The van der Waals surface area contributed by atoms with E-state index < -0.39 is 10.1 Å². The average molecular weight is 208 g/mol. The van der Waals surface area contributed by atoms with Crippen LogP contribution in [0.2, 0.25) is 0 Å². The van der Waals surface area contributed by atoms with Crippen molar-refractivity contribution >= 4 is 15.9 Å². The quantitative estimate of drug-likeness (QED) is 0.667. The Morgan fingerprint density at radius 2 is 1.92 bits per heavy atom. The molecular weight excluding hydrogens is 192 g/mol. The van der Waals surface area contributed by atoms with Crippen molar-refractivity contribution in [2.24, 2.45) is 5.92 Å². The molecule has 0 saturated heterocycles. The molecule has 0 spiro atoms. The van der Waals surface area contributed by atoms with Crippen molar-refractivity contribution in [2.45, 2.75) is 33.1 Å². The fraction of sp³-hybridized carbons (Fsp3) is 0.875. The van der Waals surface area contributed by atoms with Crippen molar-refractivity contribution in [3.05, 3.63) is 0 Å². The summed E-state index contributed by atoms with van der Waals surface area (Å²) < 4.78 is 28.9. The zero-order valence-electron chi connectivity index (χ0n) is 7.99. The molecule has 0 bridgehead atoms. The molecule has 0 fully saturated rings. The van der Waals surface area contributed by atoms with Crippen LogP contribution in [0.1, 0.15) is 33.1 Å². The summed E-state index contributed by atoms with van der Waals surface area (Å²) in [6.07, 6.45) is 0.924. The monoisotopic (exact) mass is 208 g/mol. The predicted octanol–water partition coefficient (Wildman–Crippen LogP) is 1.27. The first-order valence-corrected chi connectivity index (χ1v) is 5.89. The van der Waals surface area contributed by atoms with E-state index in [4.69, 9.17) is 4.55 Å². The molecule has 0 aliphatic rings. The molecule has 0 amide bonds. The largest absolute Gasteiger partial charge is 0.300 e. The van der Waals surface area contributed by atoms with Crippen LogP contribution in [0.3, 0.4) is 0 Å². The highest BCUT2D eigenvalue weighted by molar-refractivity contribution is 7.85. The van der Waals surface area contributed by atoms with Gasteiger partial charge in [0.15, 0.2) is 0 Å². The van der Waals surface area contributed by atoms with Crippen LogP contribution >= 0.6 is 0 Å². The van der Waals surface area contributed by atoms with Crippen LogP contribution in [0.5, 0.6) is 0 Å². The fourth-order valence-corrected chi connectivity index (χ4v) is 1.52. The maximum absolute atomic E-state index is 11.1. The predicted molar refractivity (Wildman–Crippen MR) is 50.1 cm³/mol. The molecule has 78 valence electrons. The van der Waals surface area contributed by atoms with Crippen molar-refractivity contribution in [3.63, 3.8) is 0 Å². The van der Waals surface area contributed by atoms with Crippen LogP contribution in [-0.2, 0) is 14.9 Å². The first-order valence-electron chi connectivity index (χ1n) is 4.28. The van der Waals surface area contributed by atoms with Gasteiger partial charge >= 0.3 is 0 Å². The Bertz CT molecular complexity index is 253. The summed E-state index contributed by atoms with van der Waals surface area (Å²) in [4.78, 5) is 11.1. The van der Waals surface area contributed by atoms with Crippen LogP contribution in [-0.4, -0.2) is 24.5 Å². The molecule has 13 heavy (non-hydrogen) atoms. The highest BCUT2D eigenvalue weighted by atomic mass is 32.2. The summed E-state index contributed by atoms with van der Waals surface area (Å²) in [5.41, 5.74) is 0. The van der Waals surface area contributed by atoms with Gasteiger partial charge in [0.2, 0.25) is 0 Å². The van der Waals surface area contributed by atoms with E-state index in [0.717, 1.165) is 0 Å². The second-order valence-electron chi connectivity index (χ2n) is 3.53. The molecular formula is C8H16O4S. The van der Waals surface area contributed by atoms with E-state index in [1.807, 2.05) is 13.8 Å². The van der Waals surface area contributed by atoms with Crippen molar-refractivity contribution in [1.82, 2.24) is 0 Å². The normalized spacial score (nSPS) is 12.0. The third-order valence-corrected chi connectivity index (χ3v) is 2.30. The topological polar surface area (TPSA) is 71.4 Å². The van der Waals surface area contributed by atoms with Gasteiger partial charge in [-0.2, -0.15) is 8.42 Å². The van der Waals surface area contributed by atoms with E-state index in [1.54, 1.807) is 0 Å². The van der Waals surface area contributed by atoms with Crippen molar-refractivity contribution in [2.75, 3.05) is 5.75 Å². The number of hydrogen-bond acceptors (Lipinski definition) is 3. The number of Topliss-reactive ketones (excluding diaryl/α,β-unsaturated/α-hetero) is 1. The molecule has 0 aromatic carbocycles. The van der Waals surface area contributed by atoms with Crippen LogP contribution in [0.25, 0.3) is 0 Å². The SMILES string of the molecule is CC(C)CC(=O)CCCS(=O)(=O)O. The summed E-state index contributed by atoms with van der Waals surface area (Å²) >= 11 is 0. The molecule has 4 nitrogen and oxygen atoms in total. The minimum atomic E-state index is -3.90. The Labute approximate surface area is 79.1 Å². The van der Waals surface area contributed by atoms with Gasteiger partial charge < -0.3 is 0 Å². The van der Waals surface area contributed by atoms with E-state index in [2.05, 4.69) is 0 Å². The molecule has 0 saturated carbocycles. The van der Waals surface area contributed by atoms with E-state index in [1.165, 1.54) is 0 Å². The van der Waals surface area contributed by atoms with Gasteiger partial charge in [0, 0.05) is 12.8 Å². The summed E-state index contributed by atoms with van der Waals surface area (Å²) in [5, 5.41) is 0. The van der Waals surface area contributed by atoms with Gasteiger partial charge in [-0.3, -0.25) is 9.35 Å². The third-order valence-electron chi connectivity index (χ3n) is 1.49. The summed E-state index contributed by atoms with van der Waals surface area (Å²) in [7, 11) is -3.90. The van der Waals surface area contributed by atoms with E-state index in [0.29, 0.717) is 12.3 Å². The smallest absolute Gasteiger partial charge is 0.264 e. The van der Waals surface area contributed by atoms with Gasteiger partial charge in [0.05, 0.1) is 5.75 Å². The van der Waals surface area contributed by atoms with Crippen LogP contribution in [0, 0.1) is 5.92 Å². The number of carbonyl (C=O) groups is 1. The van der Waals surface area contributed by atoms with E-state index in [9.17, 15) is 13.2 Å². The molecule has 0 heterocycles. The first kappa shape index (κ1) is 12.6. The molecule has 1 N–H and O–H groups in total. The first-order chi connectivity index (χ1) is 5.81. The lowest BCUT2D eigenvalue weighted by atomic mass is 10.0. The maximum atomic E-state index is 11.1. The Balaban J connectivity index is 3.61. The number of rotatable bonds is 6. The number of carbonyl (C=O) groups excluding carboxylic acids is 1. The molecule has 0 aromatic rings. The Morgan fingerprint density at radius 1 is 1.38 bits per heavy atom. The molecule has 0 aliphatic heterocycles. The summed E-state index contributed by atoms with van der Waals surface area (Å²) in [6, 6.07) is 0. The third kappa shape index (κ3) is 9.49. The highest BCUT2D eigenvalue weighted by Crippen LogP contribution is 2.05. The molecule has 0 aromatic heterocycles. The summed E-state index contributed by atoms with van der Waals surface area (Å²) in [6.45, 7) is 3.86. The number of ketones is 1. The van der Waals surface area contributed by atoms with Gasteiger partial charge in [-0.25, -0.2) is 0 Å². The van der Waals surface area contributed by atoms with Gasteiger partial charge in [0.1, 0.15) is 5.78 Å². The van der Waals surface area contributed by atoms with Gasteiger partial charge in [0.25, 0.3) is 10.1 Å².